The number of hydrogen-bond donors (Lipinski definition) is 0. The molecule has 2 aromatic rings. The van der Waals surface area contributed by atoms with Crippen LogP contribution in [-0.2, 0) is 11.2 Å². The molecule has 0 fully saturated rings. The van der Waals surface area contributed by atoms with Gasteiger partial charge < -0.3 is 9.42 Å². The molecule has 0 saturated carbocycles. The molecule has 1 aromatic carbocycles. The molecule has 0 aliphatic heterocycles. The zero-order valence-corrected chi connectivity index (χ0v) is 16.3. The Hall–Kier alpha value is -2.24. The van der Waals surface area contributed by atoms with Gasteiger partial charge in [0.25, 0.3) is 0 Å². The molecule has 1 amide bonds. The number of amides is 1. The fourth-order valence-electron chi connectivity index (χ4n) is 2.66. The third-order valence-electron chi connectivity index (χ3n) is 4.26. The average molecular weight is 361 g/mol. The van der Waals surface area contributed by atoms with Gasteiger partial charge in [-0.15, -0.1) is 0 Å². The first-order valence-electron chi connectivity index (χ1n) is 9.07. The van der Waals surface area contributed by atoms with Gasteiger partial charge in [0, 0.05) is 31.0 Å². The number of carbonyl (C=O) groups is 1. The molecule has 1 heterocycles. The predicted molar refractivity (Wildman–Crippen MR) is 98.9 cm³/mol. The molecule has 0 aliphatic rings. The summed E-state index contributed by atoms with van der Waals surface area (Å²) in [6.45, 7) is 10.8. The summed E-state index contributed by atoms with van der Waals surface area (Å²) in [6.07, 6.45) is 1.89. The van der Waals surface area contributed by atoms with Gasteiger partial charge in [-0.05, 0) is 43.0 Å². The smallest absolute Gasteiger partial charge is 0.228 e. The minimum Gasteiger partial charge on any atom is -0.339 e. The highest BCUT2D eigenvalue weighted by Crippen LogP contribution is 2.22. The Bertz CT molecular complexity index is 719. The maximum absolute atomic E-state index is 13.0. The molecular weight excluding hydrogens is 333 g/mol. The van der Waals surface area contributed by atoms with Crippen molar-refractivity contribution < 1.29 is 13.7 Å². The lowest BCUT2D eigenvalue weighted by molar-refractivity contribution is -0.135. The van der Waals surface area contributed by atoms with E-state index in [0.717, 1.165) is 6.42 Å². The van der Waals surface area contributed by atoms with Crippen LogP contribution in [-0.4, -0.2) is 33.5 Å². The molecular formula is C20H28FN3O2. The van der Waals surface area contributed by atoms with Crippen LogP contribution in [0.25, 0.3) is 11.4 Å². The van der Waals surface area contributed by atoms with E-state index in [-0.39, 0.29) is 23.2 Å². The van der Waals surface area contributed by atoms with Crippen molar-refractivity contribution >= 4 is 5.91 Å². The van der Waals surface area contributed by atoms with E-state index in [4.69, 9.17) is 4.52 Å². The fourth-order valence-corrected chi connectivity index (χ4v) is 2.66. The topological polar surface area (TPSA) is 59.2 Å². The molecule has 6 heteroatoms. The normalized spacial score (nSPS) is 12.8. The minimum absolute atomic E-state index is 0.0525. The van der Waals surface area contributed by atoms with Gasteiger partial charge in [0.05, 0.1) is 0 Å². The molecule has 1 atom stereocenters. The first kappa shape index (κ1) is 20.1. The maximum Gasteiger partial charge on any atom is 0.228 e. The second-order valence-electron chi connectivity index (χ2n) is 7.85. The number of aromatic nitrogens is 2. The van der Waals surface area contributed by atoms with Crippen LogP contribution in [0.4, 0.5) is 4.39 Å². The van der Waals surface area contributed by atoms with Crippen molar-refractivity contribution in [1.82, 2.24) is 15.0 Å². The van der Waals surface area contributed by atoms with Crippen molar-refractivity contribution in [1.29, 1.82) is 0 Å². The van der Waals surface area contributed by atoms with Crippen molar-refractivity contribution in [2.45, 2.75) is 59.9 Å². The molecule has 0 spiro atoms. The van der Waals surface area contributed by atoms with Crippen molar-refractivity contribution in [2.24, 2.45) is 5.41 Å². The molecule has 2 rings (SSSR count). The highest BCUT2D eigenvalue weighted by Gasteiger charge is 2.24. The third-order valence-corrected chi connectivity index (χ3v) is 4.26. The van der Waals surface area contributed by atoms with Crippen molar-refractivity contribution in [2.75, 3.05) is 6.54 Å². The molecule has 142 valence electrons. The second kappa shape index (κ2) is 8.43. The summed E-state index contributed by atoms with van der Waals surface area (Å²) in [5.41, 5.74) is 0.646. The first-order valence-corrected chi connectivity index (χ1v) is 9.07. The van der Waals surface area contributed by atoms with Gasteiger partial charge in [0.15, 0.2) is 0 Å². The van der Waals surface area contributed by atoms with Gasteiger partial charge in [-0.3, -0.25) is 4.79 Å². The zero-order valence-electron chi connectivity index (χ0n) is 16.3. The van der Waals surface area contributed by atoms with Crippen LogP contribution in [0.1, 0.15) is 53.4 Å². The van der Waals surface area contributed by atoms with Crippen LogP contribution in [0.3, 0.4) is 0 Å². The van der Waals surface area contributed by atoms with E-state index in [1.54, 1.807) is 12.1 Å². The lowest BCUT2D eigenvalue weighted by Gasteiger charge is -2.31. The lowest BCUT2D eigenvalue weighted by Crippen LogP contribution is -2.41. The highest BCUT2D eigenvalue weighted by molar-refractivity contribution is 5.77. The highest BCUT2D eigenvalue weighted by atomic mass is 19.1. The Balaban J connectivity index is 2.04. The maximum atomic E-state index is 13.0. The molecule has 0 radical (unpaired) electrons. The van der Waals surface area contributed by atoms with Gasteiger partial charge in [0.2, 0.25) is 17.6 Å². The summed E-state index contributed by atoms with van der Waals surface area (Å²) >= 11 is 0. The lowest BCUT2D eigenvalue weighted by atomic mass is 9.91. The number of carbonyl (C=O) groups excluding carboxylic acids is 1. The molecule has 1 aromatic heterocycles. The number of nitrogens with zero attached hydrogens (tertiary/aromatic N) is 3. The number of halogens is 1. The summed E-state index contributed by atoms with van der Waals surface area (Å²) < 4.78 is 18.3. The van der Waals surface area contributed by atoms with E-state index in [9.17, 15) is 9.18 Å². The minimum atomic E-state index is -0.306. The van der Waals surface area contributed by atoms with Gasteiger partial charge >= 0.3 is 0 Å². The van der Waals surface area contributed by atoms with E-state index in [2.05, 4.69) is 44.8 Å². The number of rotatable bonds is 7. The van der Waals surface area contributed by atoms with Crippen LogP contribution < -0.4 is 0 Å². The molecule has 0 saturated heterocycles. The molecule has 5 nitrogen and oxygen atoms in total. The van der Waals surface area contributed by atoms with Gasteiger partial charge in [-0.2, -0.15) is 4.98 Å². The SMILES string of the molecule is CCC(C)N(CCc1nc(-c2ccc(F)cc2)no1)C(=O)CC(C)(C)C. The first-order chi connectivity index (χ1) is 12.2. The van der Waals surface area contributed by atoms with Crippen LogP contribution in [0.15, 0.2) is 28.8 Å². The van der Waals surface area contributed by atoms with Crippen molar-refractivity contribution in [3.63, 3.8) is 0 Å². The Labute approximate surface area is 154 Å². The summed E-state index contributed by atoms with van der Waals surface area (Å²) in [6, 6.07) is 6.11. The molecule has 26 heavy (non-hydrogen) atoms. The standard InChI is InChI=1S/C20H28FN3O2/c1-6-14(2)24(18(25)13-20(3,4)5)12-11-17-22-19(23-26-17)15-7-9-16(21)10-8-15/h7-10,14H,6,11-13H2,1-5H3. The van der Waals surface area contributed by atoms with Gasteiger partial charge in [-0.1, -0.05) is 32.9 Å². The zero-order chi connectivity index (χ0) is 19.3. The Morgan fingerprint density at radius 2 is 1.92 bits per heavy atom. The van der Waals surface area contributed by atoms with E-state index in [1.807, 2.05) is 4.90 Å². The number of benzene rings is 1. The largest absolute Gasteiger partial charge is 0.339 e. The summed E-state index contributed by atoms with van der Waals surface area (Å²) in [5.74, 6) is 0.737. The van der Waals surface area contributed by atoms with Gasteiger partial charge in [0.1, 0.15) is 5.82 Å². The Morgan fingerprint density at radius 3 is 2.50 bits per heavy atom. The molecule has 1 unspecified atom stereocenters. The Morgan fingerprint density at radius 1 is 1.27 bits per heavy atom. The number of hydrogen-bond acceptors (Lipinski definition) is 4. The van der Waals surface area contributed by atoms with E-state index in [1.165, 1.54) is 12.1 Å². The Kier molecular flexibility index (Phi) is 6.51. The predicted octanol–water partition coefficient (Wildman–Crippen LogP) is 4.48. The quantitative estimate of drug-likeness (QED) is 0.729. The van der Waals surface area contributed by atoms with Crippen molar-refractivity contribution in [3.8, 4) is 11.4 Å². The van der Waals surface area contributed by atoms with E-state index >= 15 is 0 Å². The van der Waals surface area contributed by atoms with Crippen LogP contribution in [0.5, 0.6) is 0 Å². The van der Waals surface area contributed by atoms with Crippen LogP contribution in [0, 0.1) is 11.2 Å². The van der Waals surface area contributed by atoms with Crippen LogP contribution >= 0.6 is 0 Å². The average Bonchev–Trinajstić information content (AvgIpc) is 3.02. The summed E-state index contributed by atoms with van der Waals surface area (Å²) in [7, 11) is 0. The summed E-state index contributed by atoms with van der Waals surface area (Å²) in [4.78, 5) is 18.9. The van der Waals surface area contributed by atoms with Crippen LogP contribution in [0.2, 0.25) is 0 Å². The summed E-state index contributed by atoms with van der Waals surface area (Å²) in [5, 5.41) is 3.95. The molecule has 0 aliphatic carbocycles. The van der Waals surface area contributed by atoms with E-state index in [0.29, 0.717) is 36.7 Å². The third kappa shape index (κ3) is 5.64. The monoisotopic (exact) mass is 361 g/mol. The van der Waals surface area contributed by atoms with Crippen molar-refractivity contribution in [3.05, 3.63) is 36.0 Å². The molecule has 0 bridgehead atoms. The fraction of sp³-hybridized carbons (Fsp3) is 0.550. The molecule has 0 N–H and O–H groups in total. The van der Waals surface area contributed by atoms with Gasteiger partial charge in [-0.25, -0.2) is 4.39 Å². The second-order valence-corrected chi connectivity index (χ2v) is 7.85. The van der Waals surface area contributed by atoms with E-state index < -0.39 is 0 Å².